The van der Waals surface area contributed by atoms with Crippen molar-refractivity contribution in [3.8, 4) is 0 Å². The second-order valence-electron chi connectivity index (χ2n) is 5.91. The molecule has 1 heterocycles. The Morgan fingerprint density at radius 3 is 2.76 bits per heavy atom. The number of hydrogen-bond acceptors (Lipinski definition) is 3. The third kappa shape index (κ3) is 3.58. The van der Waals surface area contributed by atoms with E-state index in [4.69, 9.17) is 11.6 Å². The quantitative estimate of drug-likeness (QED) is 0.886. The Kier molecular flexibility index (Phi) is 4.94. The normalized spacial score (nSPS) is 27.1. The van der Waals surface area contributed by atoms with Gasteiger partial charge < -0.3 is 10.4 Å². The SMILES string of the molecule is CC(C(=O)NC1(C)CCCCC1C(=O)O)c1ccc(Cl)s1. The molecule has 1 aliphatic carbocycles. The Morgan fingerprint density at radius 1 is 1.48 bits per heavy atom. The van der Waals surface area contributed by atoms with Gasteiger partial charge in [-0.25, -0.2) is 0 Å². The molecule has 1 amide bonds. The number of carboxylic acids is 1. The fourth-order valence-corrected chi connectivity index (χ4v) is 4.07. The highest BCUT2D eigenvalue weighted by Crippen LogP contribution is 2.35. The lowest BCUT2D eigenvalue weighted by atomic mass is 9.73. The van der Waals surface area contributed by atoms with Crippen molar-refractivity contribution in [1.82, 2.24) is 5.32 Å². The maximum Gasteiger partial charge on any atom is 0.308 e. The number of hydrogen-bond donors (Lipinski definition) is 2. The van der Waals surface area contributed by atoms with Gasteiger partial charge in [0.05, 0.1) is 21.7 Å². The molecule has 1 saturated carbocycles. The zero-order valence-electron chi connectivity index (χ0n) is 12.2. The van der Waals surface area contributed by atoms with Crippen molar-refractivity contribution >= 4 is 34.8 Å². The third-order valence-corrected chi connectivity index (χ3v) is 5.74. The average molecular weight is 330 g/mol. The van der Waals surface area contributed by atoms with Crippen LogP contribution in [0.3, 0.4) is 0 Å². The molecule has 116 valence electrons. The summed E-state index contributed by atoms with van der Waals surface area (Å²) >= 11 is 7.28. The number of carboxylic acid groups (broad SMARTS) is 1. The summed E-state index contributed by atoms with van der Waals surface area (Å²) in [5, 5.41) is 12.4. The first kappa shape index (κ1) is 16.3. The minimum Gasteiger partial charge on any atom is -0.481 e. The van der Waals surface area contributed by atoms with Gasteiger partial charge in [-0.15, -0.1) is 11.3 Å². The van der Waals surface area contributed by atoms with E-state index < -0.39 is 17.4 Å². The van der Waals surface area contributed by atoms with E-state index >= 15 is 0 Å². The van der Waals surface area contributed by atoms with Crippen LogP contribution in [-0.2, 0) is 9.59 Å². The monoisotopic (exact) mass is 329 g/mol. The molecular formula is C15H20ClNO3S. The van der Waals surface area contributed by atoms with Gasteiger partial charge in [0, 0.05) is 4.88 Å². The molecule has 3 atom stereocenters. The number of carbonyl (C=O) groups excluding carboxylic acids is 1. The van der Waals surface area contributed by atoms with Gasteiger partial charge >= 0.3 is 5.97 Å². The van der Waals surface area contributed by atoms with Crippen LogP contribution in [0.25, 0.3) is 0 Å². The molecule has 0 saturated heterocycles. The van der Waals surface area contributed by atoms with Gasteiger partial charge in [-0.2, -0.15) is 0 Å². The highest BCUT2D eigenvalue weighted by atomic mass is 35.5. The number of thiophene rings is 1. The van der Waals surface area contributed by atoms with Crippen molar-refractivity contribution in [3.05, 3.63) is 21.3 Å². The predicted octanol–water partition coefficient (Wildman–Crippen LogP) is 3.65. The Labute approximate surface area is 133 Å². The summed E-state index contributed by atoms with van der Waals surface area (Å²) in [7, 11) is 0. The molecule has 1 fully saturated rings. The average Bonchev–Trinajstić information content (AvgIpc) is 2.84. The molecule has 21 heavy (non-hydrogen) atoms. The van der Waals surface area contributed by atoms with Crippen LogP contribution in [0.4, 0.5) is 0 Å². The van der Waals surface area contributed by atoms with Gasteiger partial charge in [0.15, 0.2) is 0 Å². The van der Waals surface area contributed by atoms with Gasteiger partial charge in [0.25, 0.3) is 0 Å². The van der Waals surface area contributed by atoms with Crippen molar-refractivity contribution in [2.24, 2.45) is 5.92 Å². The Hall–Kier alpha value is -1.07. The molecule has 6 heteroatoms. The summed E-state index contributed by atoms with van der Waals surface area (Å²) in [5.74, 6) is -1.81. The Balaban J connectivity index is 2.11. The van der Waals surface area contributed by atoms with Crippen LogP contribution in [0.1, 0.15) is 50.3 Å². The van der Waals surface area contributed by atoms with Crippen molar-refractivity contribution in [1.29, 1.82) is 0 Å². The van der Waals surface area contributed by atoms with Gasteiger partial charge in [-0.1, -0.05) is 24.4 Å². The molecule has 2 N–H and O–H groups in total. The van der Waals surface area contributed by atoms with E-state index in [2.05, 4.69) is 5.32 Å². The zero-order valence-corrected chi connectivity index (χ0v) is 13.8. The molecule has 0 aliphatic heterocycles. The lowest BCUT2D eigenvalue weighted by Gasteiger charge is -2.40. The molecular weight excluding hydrogens is 310 g/mol. The van der Waals surface area contributed by atoms with E-state index in [1.165, 1.54) is 11.3 Å². The molecule has 0 radical (unpaired) electrons. The van der Waals surface area contributed by atoms with Gasteiger partial charge in [0.1, 0.15) is 0 Å². The Morgan fingerprint density at radius 2 is 2.19 bits per heavy atom. The lowest BCUT2D eigenvalue weighted by Crippen LogP contribution is -2.56. The zero-order chi connectivity index (χ0) is 15.6. The number of aliphatic carboxylic acids is 1. The molecule has 1 aliphatic rings. The van der Waals surface area contributed by atoms with E-state index in [1.54, 1.807) is 6.07 Å². The van der Waals surface area contributed by atoms with Crippen LogP contribution in [0.5, 0.6) is 0 Å². The number of amides is 1. The maximum absolute atomic E-state index is 12.5. The second kappa shape index (κ2) is 6.36. The summed E-state index contributed by atoms with van der Waals surface area (Å²) < 4.78 is 0.650. The first-order valence-corrected chi connectivity index (χ1v) is 8.33. The van der Waals surface area contributed by atoms with Crippen LogP contribution in [0, 0.1) is 5.92 Å². The summed E-state index contributed by atoms with van der Waals surface area (Å²) in [6.45, 7) is 3.66. The van der Waals surface area contributed by atoms with Crippen molar-refractivity contribution in [2.75, 3.05) is 0 Å². The van der Waals surface area contributed by atoms with Gasteiger partial charge in [-0.05, 0) is 38.8 Å². The molecule has 4 nitrogen and oxygen atoms in total. The standard InChI is InChI=1S/C15H20ClNO3S/c1-9(11-6-7-12(16)21-11)13(18)17-15(2)8-4-3-5-10(15)14(19)20/h6-7,9-10H,3-5,8H2,1-2H3,(H,17,18)(H,19,20). The van der Waals surface area contributed by atoms with Crippen LogP contribution in [0.15, 0.2) is 12.1 Å². The molecule has 2 rings (SSSR count). The molecule has 0 bridgehead atoms. The first-order valence-electron chi connectivity index (χ1n) is 7.13. The maximum atomic E-state index is 12.5. The predicted molar refractivity (Wildman–Crippen MR) is 83.9 cm³/mol. The highest BCUT2D eigenvalue weighted by Gasteiger charge is 2.42. The fraction of sp³-hybridized carbons (Fsp3) is 0.600. The number of carbonyl (C=O) groups is 2. The van der Waals surface area contributed by atoms with E-state index in [9.17, 15) is 14.7 Å². The fourth-order valence-electron chi connectivity index (χ4n) is 2.96. The van der Waals surface area contributed by atoms with E-state index in [1.807, 2.05) is 19.9 Å². The van der Waals surface area contributed by atoms with Crippen LogP contribution >= 0.6 is 22.9 Å². The van der Waals surface area contributed by atoms with E-state index in [0.29, 0.717) is 17.2 Å². The Bertz CT molecular complexity index is 545. The van der Waals surface area contributed by atoms with Crippen molar-refractivity contribution in [2.45, 2.75) is 51.0 Å². The molecule has 0 spiro atoms. The van der Waals surface area contributed by atoms with Crippen LogP contribution in [-0.4, -0.2) is 22.5 Å². The van der Waals surface area contributed by atoms with Gasteiger partial charge in [0.2, 0.25) is 5.91 Å². The molecule has 1 aromatic heterocycles. The summed E-state index contributed by atoms with van der Waals surface area (Å²) in [4.78, 5) is 24.8. The minimum atomic E-state index is -0.829. The van der Waals surface area contributed by atoms with Crippen LogP contribution in [0.2, 0.25) is 4.34 Å². The second-order valence-corrected chi connectivity index (χ2v) is 7.65. The minimum absolute atomic E-state index is 0.135. The smallest absolute Gasteiger partial charge is 0.308 e. The lowest BCUT2D eigenvalue weighted by molar-refractivity contribution is -0.146. The summed E-state index contributed by atoms with van der Waals surface area (Å²) in [5.41, 5.74) is -0.670. The summed E-state index contributed by atoms with van der Waals surface area (Å²) in [6.07, 6.45) is 3.16. The topological polar surface area (TPSA) is 66.4 Å². The molecule has 0 aromatic carbocycles. The highest BCUT2D eigenvalue weighted by molar-refractivity contribution is 7.16. The third-order valence-electron chi connectivity index (χ3n) is 4.33. The van der Waals surface area contributed by atoms with Crippen molar-refractivity contribution in [3.63, 3.8) is 0 Å². The van der Waals surface area contributed by atoms with Crippen molar-refractivity contribution < 1.29 is 14.7 Å². The molecule has 1 aromatic rings. The van der Waals surface area contributed by atoms with Gasteiger partial charge in [-0.3, -0.25) is 9.59 Å². The van der Waals surface area contributed by atoms with Crippen LogP contribution < -0.4 is 5.32 Å². The first-order chi connectivity index (χ1) is 9.83. The number of rotatable bonds is 4. The number of nitrogens with one attached hydrogen (secondary N) is 1. The summed E-state index contributed by atoms with van der Waals surface area (Å²) in [6, 6.07) is 3.61. The molecule has 3 unspecified atom stereocenters. The van der Waals surface area contributed by atoms with E-state index in [-0.39, 0.29) is 11.8 Å². The van der Waals surface area contributed by atoms with E-state index in [0.717, 1.165) is 17.7 Å². The largest absolute Gasteiger partial charge is 0.481 e. The number of halogens is 1.